The van der Waals surface area contributed by atoms with Gasteiger partial charge in [0.2, 0.25) is 0 Å². The molecule has 0 heterocycles. The van der Waals surface area contributed by atoms with Gasteiger partial charge < -0.3 is 4.18 Å². The van der Waals surface area contributed by atoms with Crippen molar-refractivity contribution in [2.24, 2.45) is 0 Å². The van der Waals surface area contributed by atoms with Gasteiger partial charge in [0.05, 0.1) is 6.42 Å². The van der Waals surface area contributed by atoms with E-state index in [0.29, 0.717) is 0 Å². The number of rotatable bonds is 3. The van der Waals surface area contributed by atoms with E-state index in [2.05, 4.69) is 4.18 Å². The molecule has 0 atom stereocenters. The van der Waals surface area contributed by atoms with E-state index in [1.54, 1.807) is 0 Å². The molecule has 18 heavy (non-hydrogen) atoms. The first-order valence-corrected chi connectivity index (χ1v) is 5.56. The van der Waals surface area contributed by atoms with Gasteiger partial charge in [0.15, 0.2) is 5.75 Å². The van der Waals surface area contributed by atoms with Crippen molar-refractivity contribution < 1.29 is 39.1 Å². The fourth-order valence-corrected chi connectivity index (χ4v) is 1.52. The Kier molecular flexibility index (Phi) is 3.81. The SMILES string of the molecule is O=S(=O)(O)Oc1cc(F)cc(F)c1CC(F)(F)F. The van der Waals surface area contributed by atoms with Crippen LogP contribution in [0.3, 0.4) is 0 Å². The van der Waals surface area contributed by atoms with Gasteiger partial charge in [-0.2, -0.15) is 21.6 Å². The average Bonchev–Trinajstić information content (AvgIpc) is 2.06. The van der Waals surface area contributed by atoms with Crippen molar-refractivity contribution in [3.05, 3.63) is 29.3 Å². The van der Waals surface area contributed by atoms with Gasteiger partial charge in [0.25, 0.3) is 0 Å². The van der Waals surface area contributed by atoms with Gasteiger partial charge >= 0.3 is 16.6 Å². The molecule has 0 spiro atoms. The summed E-state index contributed by atoms with van der Waals surface area (Å²) < 4.78 is 94.9. The normalized spacial score (nSPS) is 12.6. The van der Waals surface area contributed by atoms with Crippen LogP contribution >= 0.6 is 0 Å². The summed E-state index contributed by atoms with van der Waals surface area (Å²) in [6, 6.07) is 0.357. The topological polar surface area (TPSA) is 63.6 Å². The van der Waals surface area contributed by atoms with Crippen LogP contribution in [0.5, 0.6) is 5.75 Å². The predicted octanol–water partition coefficient (Wildman–Crippen LogP) is 2.25. The van der Waals surface area contributed by atoms with Crippen molar-refractivity contribution in [1.82, 2.24) is 0 Å². The lowest BCUT2D eigenvalue weighted by molar-refractivity contribution is -0.127. The van der Waals surface area contributed by atoms with Crippen molar-refractivity contribution in [2.45, 2.75) is 12.6 Å². The molecule has 1 N–H and O–H groups in total. The second-order valence-corrected chi connectivity index (χ2v) is 4.19. The molecule has 0 bridgehead atoms. The van der Waals surface area contributed by atoms with E-state index in [1.165, 1.54) is 0 Å². The maximum Gasteiger partial charge on any atom is 0.446 e. The molecule has 0 aliphatic carbocycles. The van der Waals surface area contributed by atoms with Gasteiger partial charge in [-0.25, -0.2) is 8.78 Å². The number of benzene rings is 1. The van der Waals surface area contributed by atoms with Crippen LogP contribution < -0.4 is 4.18 Å². The standard InChI is InChI=1S/C8H5F5O4S/c9-4-1-6(10)5(3-8(11,12)13)7(2-4)17-18(14,15)16/h1-2H,3H2,(H,14,15,16). The van der Waals surface area contributed by atoms with Crippen LogP contribution in [-0.4, -0.2) is 19.1 Å². The lowest BCUT2D eigenvalue weighted by Gasteiger charge is -2.12. The summed E-state index contributed by atoms with van der Waals surface area (Å²) in [5.74, 6) is -4.24. The van der Waals surface area contributed by atoms with E-state index < -0.39 is 45.9 Å². The first kappa shape index (κ1) is 14.6. The molecule has 0 aliphatic rings. The molecule has 0 radical (unpaired) electrons. The van der Waals surface area contributed by atoms with E-state index in [0.717, 1.165) is 0 Å². The Hall–Kier alpha value is -1.42. The van der Waals surface area contributed by atoms with Gasteiger partial charge in [-0.15, -0.1) is 0 Å². The monoisotopic (exact) mass is 292 g/mol. The van der Waals surface area contributed by atoms with E-state index in [4.69, 9.17) is 4.55 Å². The van der Waals surface area contributed by atoms with Gasteiger partial charge in [0, 0.05) is 17.7 Å². The molecule has 1 rings (SSSR count). The van der Waals surface area contributed by atoms with E-state index in [1.807, 2.05) is 0 Å². The highest BCUT2D eigenvalue weighted by Gasteiger charge is 2.32. The van der Waals surface area contributed by atoms with Crippen LogP contribution in [0.25, 0.3) is 0 Å². The Bertz CT molecular complexity index is 551. The zero-order chi connectivity index (χ0) is 14.1. The molecule has 0 aromatic heterocycles. The zero-order valence-corrected chi connectivity index (χ0v) is 9.15. The van der Waals surface area contributed by atoms with Crippen LogP contribution in [0.2, 0.25) is 0 Å². The first-order chi connectivity index (χ1) is 7.98. The van der Waals surface area contributed by atoms with Gasteiger partial charge in [-0.1, -0.05) is 0 Å². The van der Waals surface area contributed by atoms with E-state index >= 15 is 0 Å². The Labute approximate surface area is 97.9 Å². The molecular formula is C8H5F5O4S. The molecule has 10 heteroatoms. The summed E-state index contributed by atoms with van der Waals surface area (Å²) in [5.41, 5.74) is -1.22. The van der Waals surface area contributed by atoms with Gasteiger partial charge in [-0.3, -0.25) is 4.55 Å². The Morgan fingerprint density at radius 3 is 2.22 bits per heavy atom. The lowest BCUT2D eigenvalue weighted by Crippen LogP contribution is -2.16. The van der Waals surface area contributed by atoms with Crippen molar-refractivity contribution in [1.29, 1.82) is 0 Å². The largest absolute Gasteiger partial charge is 0.446 e. The highest BCUT2D eigenvalue weighted by Crippen LogP contribution is 2.31. The molecule has 0 unspecified atom stereocenters. The quantitative estimate of drug-likeness (QED) is 0.685. The second-order valence-electron chi connectivity index (χ2n) is 3.17. The summed E-state index contributed by atoms with van der Waals surface area (Å²) in [5, 5.41) is 0. The molecule has 1 aromatic carbocycles. The molecule has 0 aliphatic heterocycles. The van der Waals surface area contributed by atoms with Crippen LogP contribution in [0, 0.1) is 11.6 Å². The van der Waals surface area contributed by atoms with Gasteiger partial charge in [0.1, 0.15) is 11.6 Å². The highest BCUT2D eigenvalue weighted by atomic mass is 32.3. The summed E-state index contributed by atoms with van der Waals surface area (Å²) in [6.07, 6.45) is -6.74. The fourth-order valence-electron chi connectivity index (χ4n) is 1.14. The number of hydrogen-bond donors (Lipinski definition) is 1. The minimum Gasteiger partial charge on any atom is -0.361 e. The Morgan fingerprint density at radius 2 is 1.78 bits per heavy atom. The smallest absolute Gasteiger partial charge is 0.361 e. The zero-order valence-electron chi connectivity index (χ0n) is 8.33. The number of halogens is 5. The predicted molar refractivity (Wildman–Crippen MR) is 48.3 cm³/mol. The molecule has 1 aromatic rings. The Balaban J connectivity index is 3.30. The molecule has 4 nitrogen and oxygen atoms in total. The van der Waals surface area contributed by atoms with Crippen molar-refractivity contribution in [2.75, 3.05) is 0 Å². The highest BCUT2D eigenvalue weighted by molar-refractivity contribution is 7.81. The molecule has 0 fully saturated rings. The minimum absolute atomic E-state index is 0.137. The van der Waals surface area contributed by atoms with E-state index in [9.17, 15) is 30.4 Å². The minimum atomic E-state index is -5.19. The second kappa shape index (κ2) is 4.69. The molecule has 102 valence electrons. The summed E-state index contributed by atoms with van der Waals surface area (Å²) in [4.78, 5) is 0. The lowest BCUT2D eigenvalue weighted by atomic mass is 10.1. The van der Waals surface area contributed by atoms with Crippen LogP contribution in [0.1, 0.15) is 5.56 Å². The third-order valence-electron chi connectivity index (χ3n) is 1.69. The number of hydrogen-bond acceptors (Lipinski definition) is 3. The molecular weight excluding hydrogens is 287 g/mol. The average molecular weight is 292 g/mol. The molecule has 0 saturated heterocycles. The molecule has 0 amide bonds. The fraction of sp³-hybridized carbons (Fsp3) is 0.250. The van der Waals surface area contributed by atoms with Crippen molar-refractivity contribution >= 4 is 10.4 Å². The van der Waals surface area contributed by atoms with Crippen molar-refractivity contribution in [3.63, 3.8) is 0 Å². The maximum atomic E-state index is 13.1. The van der Waals surface area contributed by atoms with Crippen molar-refractivity contribution in [3.8, 4) is 5.75 Å². The van der Waals surface area contributed by atoms with E-state index in [-0.39, 0.29) is 12.1 Å². The third-order valence-corrected chi connectivity index (χ3v) is 2.08. The number of alkyl halides is 3. The van der Waals surface area contributed by atoms with Crippen LogP contribution in [0.4, 0.5) is 22.0 Å². The van der Waals surface area contributed by atoms with Crippen LogP contribution in [0.15, 0.2) is 12.1 Å². The summed E-state index contributed by atoms with van der Waals surface area (Å²) in [7, 11) is -5.19. The van der Waals surface area contributed by atoms with Crippen LogP contribution in [-0.2, 0) is 16.8 Å². The maximum absolute atomic E-state index is 13.1. The first-order valence-electron chi connectivity index (χ1n) is 4.19. The summed E-state index contributed by atoms with van der Waals surface area (Å²) >= 11 is 0. The Morgan fingerprint density at radius 1 is 1.22 bits per heavy atom. The summed E-state index contributed by atoms with van der Waals surface area (Å²) in [6.45, 7) is 0. The molecule has 0 saturated carbocycles. The third kappa shape index (κ3) is 4.45. The van der Waals surface area contributed by atoms with Gasteiger partial charge in [-0.05, 0) is 0 Å².